The number of nitro benzene ring substituents is 1. The largest absolute Gasteiger partial charge is 0.496 e. The van der Waals surface area contributed by atoms with E-state index in [4.69, 9.17) is 4.74 Å². The standard InChI is InChI=1S/C12H12N2O4S/c1-8-7-19-12(15)13(8)6-9-5-10(14(16)17)3-4-11(9)18-2/h3-5,7H,6H2,1-2H3. The maximum atomic E-state index is 11.7. The number of thiazole rings is 1. The van der Waals surface area contributed by atoms with Crippen molar-refractivity contribution in [3.63, 3.8) is 0 Å². The summed E-state index contributed by atoms with van der Waals surface area (Å²) in [6, 6.07) is 4.36. The van der Waals surface area contributed by atoms with Gasteiger partial charge in [-0.25, -0.2) is 0 Å². The van der Waals surface area contributed by atoms with Crippen LogP contribution in [0.5, 0.6) is 5.75 Å². The van der Waals surface area contributed by atoms with Gasteiger partial charge in [0.15, 0.2) is 0 Å². The van der Waals surface area contributed by atoms with Gasteiger partial charge in [0.1, 0.15) is 5.75 Å². The van der Waals surface area contributed by atoms with E-state index >= 15 is 0 Å². The number of ether oxygens (including phenoxy) is 1. The smallest absolute Gasteiger partial charge is 0.307 e. The Kier molecular flexibility index (Phi) is 3.66. The number of hydrogen-bond donors (Lipinski definition) is 0. The molecule has 6 nitrogen and oxygen atoms in total. The van der Waals surface area contributed by atoms with Gasteiger partial charge in [0, 0.05) is 28.8 Å². The molecule has 0 amide bonds. The first-order valence-electron chi connectivity index (χ1n) is 5.49. The van der Waals surface area contributed by atoms with Crippen LogP contribution in [0.1, 0.15) is 11.3 Å². The lowest BCUT2D eigenvalue weighted by Crippen LogP contribution is -2.15. The van der Waals surface area contributed by atoms with Crippen LogP contribution >= 0.6 is 11.3 Å². The van der Waals surface area contributed by atoms with Crippen molar-refractivity contribution < 1.29 is 9.66 Å². The van der Waals surface area contributed by atoms with Crippen molar-refractivity contribution in [2.24, 2.45) is 0 Å². The summed E-state index contributed by atoms with van der Waals surface area (Å²) in [5, 5.41) is 12.5. The number of hydrogen-bond acceptors (Lipinski definition) is 5. The van der Waals surface area contributed by atoms with Crippen LogP contribution in [-0.2, 0) is 6.54 Å². The van der Waals surface area contributed by atoms with E-state index in [1.807, 2.05) is 6.92 Å². The zero-order valence-corrected chi connectivity index (χ0v) is 11.3. The van der Waals surface area contributed by atoms with Gasteiger partial charge in [-0.1, -0.05) is 11.3 Å². The van der Waals surface area contributed by atoms with Crippen molar-refractivity contribution in [2.45, 2.75) is 13.5 Å². The Morgan fingerprint density at radius 3 is 2.74 bits per heavy atom. The molecule has 1 aromatic heterocycles. The number of nitrogens with zero attached hydrogens (tertiary/aromatic N) is 2. The third-order valence-electron chi connectivity index (χ3n) is 2.78. The summed E-state index contributed by atoms with van der Waals surface area (Å²) in [4.78, 5) is 21.9. The summed E-state index contributed by atoms with van der Waals surface area (Å²) in [6.45, 7) is 2.08. The number of benzene rings is 1. The molecule has 1 heterocycles. The monoisotopic (exact) mass is 280 g/mol. The third-order valence-corrected chi connectivity index (χ3v) is 3.66. The predicted molar refractivity (Wildman–Crippen MR) is 72.1 cm³/mol. The van der Waals surface area contributed by atoms with Crippen LogP contribution in [0.15, 0.2) is 28.4 Å². The van der Waals surface area contributed by atoms with Gasteiger partial charge >= 0.3 is 4.87 Å². The lowest BCUT2D eigenvalue weighted by molar-refractivity contribution is -0.384. The van der Waals surface area contributed by atoms with Gasteiger partial charge in [-0.15, -0.1) is 0 Å². The Balaban J connectivity index is 2.46. The zero-order chi connectivity index (χ0) is 14.0. The molecule has 0 spiro atoms. The second-order valence-corrected chi connectivity index (χ2v) is 4.80. The average molecular weight is 280 g/mol. The van der Waals surface area contributed by atoms with E-state index in [2.05, 4.69) is 0 Å². The third kappa shape index (κ3) is 2.65. The summed E-state index contributed by atoms with van der Waals surface area (Å²) in [7, 11) is 1.49. The molecular weight excluding hydrogens is 268 g/mol. The number of nitro groups is 1. The Labute approximate surface area is 113 Å². The predicted octanol–water partition coefficient (Wildman–Crippen LogP) is 2.18. The van der Waals surface area contributed by atoms with Crippen molar-refractivity contribution in [2.75, 3.05) is 7.11 Å². The number of non-ortho nitro benzene ring substituents is 1. The quantitative estimate of drug-likeness (QED) is 0.635. The highest BCUT2D eigenvalue weighted by Crippen LogP contribution is 2.24. The maximum absolute atomic E-state index is 11.7. The fraction of sp³-hybridized carbons (Fsp3) is 0.250. The molecule has 0 aliphatic carbocycles. The first kappa shape index (κ1) is 13.3. The van der Waals surface area contributed by atoms with E-state index < -0.39 is 4.92 Å². The topological polar surface area (TPSA) is 74.4 Å². The minimum Gasteiger partial charge on any atom is -0.496 e. The fourth-order valence-corrected chi connectivity index (χ4v) is 2.50. The van der Waals surface area contributed by atoms with Crippen molar-refractivity contribution in [3.8, 4) is 5.75 Å². The molecule has 0 bridgehead atoms. The van der Waals surface area contributed by atoms with Gasteiger partial charge in [0.25, 0.3) is 5.69 Å². The van der Waals surface area contributed by atoms with Crippen molar-refractivity contribution in [3.05, 3.63) is 54.6 Å². The number of methoxy groups -OCH3 is 1. The summed E-state index contributed by atoms with van der Waals surface area (Å²) in [5.41, 5.74) is 1.42. The van der Waals surface area contributed by atoms with E-state index in [0.717, 1.165) is 17.0 Å². The van der Waals surface area contributed by atoms with E-state index in [1.165, 1.54) is 19.2 Å². The molecule has 0 saturated carbocycles. The lowest BCUT2D eigenvalue weighted by atomic mass is 10.1. The summed E-state index contributed by atoms with van der Waals surface area (Å²) in [6.07, 6.45) is 0. The zero-order valence-electron chi connectivity index (χ0n) is 10.5. The highest BCUT2D eigenvalue weighted by Gasteiger charge is 2.13. The minimum absolute atomic E-state index is 0.0169. The van der Waals surface area contributed by atoms with Gasteiger partial charge < -0.3 is 4.74 Å². The maximum Gasteiger partial charge on any atom is 0.307 e. The molecule has 2 rings (SSSR count). The molecule has 0 saturated heterocycles. The van der Waals surface area contributed by atoms with Crippen LogP contribution < -0.4 is 9.61 Å². The first-order chi connectivity index (χ1) is 9.02. The Bertz CT molecular complexity index is 675. The lowest BCUT2D eigenvalue weighted by Gasteiger charge is -2.09. The van der Waals surface area contributed by atoms with Gasteiger partial charge in [-0.2, -0.15) is 0 Å². The molecule has 0 atom stereocenters. The molecule has 0 radical (unpaired) electrons. The molecule has 0 unspecified atom stereocenters. The van der Waals surface area contributed by atoms with Gasteiger partial charge in [0.2, 0.25) is 0 Å². The van der Waals surface area contributed by atoms with Crippen LogP contribution in [-0.4, -0.2) is 16.6 Å². The van der Waals surface area contributed by atoms with E-state index in [-0.39, 0.29) is 17.1 Å². The summed E-state index contributed by atoms with van der Waals surface area (Å²) in [5.74, 6) is 0.531. The van der Waals surface area contributed by atoms with Crippen molar-refractivity contribution in [1.82, 2.24) is 4.57 Å². The molecule has 0 N–H and O–H groups in total. The number of aromatic nitrogens is 1. The van der Waals surface area contributed by atoms with Gasteiger partial charge in [-0.3, -0.25) is 19.5 Å². The van der Waals surface area contributed by atoms with Crippen LogP contribution in [0.2, 0.25) is 0 Å². The Morgan fingerprint density at radius 1 is 1.47 bits per heavy atom. The summed E-state index contributed by atoms with van der Waals surface area (Å²) >= 11 is 1.11. The van der Waals surface area contributed by atoms with Crippen LogP contribution in [0.3, 0.4) is 0 Å². The highest BCUT2D eigenvalue weighted by atomic mass is 32.1. The van der Waals surface area contributed by atoms with Gasteiger partial charge in [-0.05, 0) is 13.0 Å². The normalized spacial score (nSPS) is 10.4. The SMILES string of the molecule is COc1ccc([N+](=O)[O-])cc1Cn1c(C)csc1=O. The molecular formula is C12H12N2O4S. The Morgan fingerprint density at radius 2 is 2.21 bits per heavy atom. The Hall–Kier alpha value is -2.15. The summed E-state index contributed by atoms with van der Waals surface area (Å²) < 4.78 is 6.74. The molecule has 0 aliphatic rings. The van der Waals surface area contributed by atoms with E-state index in [1.54, 1.807) is 16.0 Å². The van der Waals surface area contributed by atoms with E-state index in [9.17, 15) is 14.9 Å². The molecule has 0 aliphatic heterocycles. The van der Waals surface area contributed by atoms with E-state index in [0.29, 0.717) is 11.3 Å². The molecule has 2 aromatic rings. The van der Waals surface area contributed by atoms with Crippen molar-refractivity contribution >= 4 is 17.0 Å². The van der Waals surface area contributed by atoms with Crippen LogP contribution in [0.4, 0.5) is 5.69 Å². The molecule has 1 aromatic carbocycles. The second-order valence-electron chi connectivity index (χ2n) is 3.98. The van der Waals surface area contributed by atoms with Crippen LogP contribution in [0.25, 0.3) is 0 Å². The average Bonchev–Trinajstić information content (AvgIpc) is 2.70. The molecule has 0 fully saturated rings. The number of aryl methyl sites for hydroxylation is 1. The van der Waals surface area contributed by atoms with Crippen molar-refractivity contribution in [1.29, 1.82) is 0 Å². The fourth-order valence-electron chi connectivity index (χ4n) is 1.77. The van der Waals surface area contributed by atoms with Crippen LogP contribution in [0, 0.1) is 17.0 Å². The molecule has 7 heteroatoms. The number of rotatable bonds is 4. The minimum atomic E-state index is -0.466. The highest BCUT2D eigenvalue weighted by molar-refractivity contribution is 7.07. The second kappa shape index (κ2) is 5.23. The molecule has 19 heavy (non-hydrogen) atoms. The first-order valence-corrected chi connectivity index (χ1v) is 6.37. The molecule has 100 valence electrons. The van der Waals surface area contributed by atoms with Gasteiger partial charge in [0.05, 0.1) is 18.6 Å².